The number of nitrogens with zero attached hydrogens (tertiary/aromatic N) is 2. The Morgan fingerprint density at radius 1 is 1.30 bits per heavy atom. The van der Waals surface area contributed by atoms with E-state index in [4.69, 9.17) is 10.2 Å². The summed E-state index contributed by atoms with van der Waals surface area (Å²) >= 11 is 0. The van der Waals surface area contributed by atoms with Gasteiger partial charge in [-0.3, -0.25) is 4.79 Å². The molecule has 0 aliphatic rings. The van der Waals surface area contributed by atoms with Crippen LogP contribution in [0.2, 0.25) is 0 Å². The van der Waals surface area contributed by atoms with Crippen molar-refractivity contribution in [2.45, 2.75) is 33.2 Å². The fourth-order valence-electron chi connectivity index (χ4n) is 2.25. The molecule has 1 heterocycles. The zero-order valence-corrected chi connectivity index (χ0v) is 14.2. The topological polar surface area (TPSA) is 72.4 Å². The number of carbonyl (C=O) groups excluding carboxylic acids is 1. The number of hydrogen-bond acceptors (Lipinski definition) is 4. The Kier molecular flexibility index (Phi) is 5.55. The highest BCUT2D eigenvalue weighted by Crippen LogP contribution is 2.22. The molecule has 5 heteroatoms. The molecular weight excluding hydrogens is 290 g/mol. The molecule has 2 aromatic rings. The summed E-state index contributed by atoms with van der Waals surface area (Å²) in [5, 5.41) is 0. The first-order valence-corrected chi connectivity index (χ1v) is 7.94. The summed E-state index contributed by atoms with van der Waals surface area (Å²) in [6.07, 6.45) is 0.763. The molecule has 0 radical (unpaired) electrons. The number of rotatable bonds is 6. The lowest BCUT2D eigenvalue weighted by atomic mass is 10.0. The first kappa shape index (κ1) is 17.2. The van der Waals surface area contributed by atoms with Gasteiger partial charge in [-0.25, -0.2) is 4.98 Å². The maximum atomic E-state index is 12.5. The first-order valence-electron chi connectivity index (χ1n) is 7.94. The maximum Gasteiger partial charge on any atom is 0.291 e. The summed E-state index contributed by atoms with van der Waals surface area (Å²) in [7, 11) is 1.76. The van der Waals surface area contributed by atoms with E-state index < -0.39 is 0 Å². The second-order valence-electron chi connectivity index (χ2n) is 6.22. The van der Waals surface area contributed by atoms with Crippen molar-refractivity contribution >= 4 is 5.91 Å². The Hall–Kier alpha value is -2.14. The van der Waals surface area contributed by atoms with E-state index in [1.54, 1.807) is 18.9 Å². The van der Waals surface area contributed by atoms with Gasteiger partial charge in [-0.15, -0.1) is 0 Å². The van der Waals surface area contributed by atoms with E-state index in [-0.39, 0.29) is 11.9 Å². The van der Waals surface area contributed by atoms with Crippen LogP contribution in [0.5, 0.6) is 0 Å². The molecule has 5 nitrogen and oxygen atoms in total. The van der Waals surface area contributed by atoms with Crippen molar-refractivity contribution in [3.63, 3.8) is 0 Å². The summed E-state index contributed by atoms with van der Waals surface area (Å²) in [4.78, 5) is 18.6. The van der Waals surface area contributed by atoms with Gasteiger partial charge in [0.05, 0.1) is 5.69 Å². The Bertz CT molecular complexity index is 650. The van der Waals surface area contributed by atoms with Crippen LogP contribution in [-0.2, 0) is 0 Å². The van der Waals surface area contributed by atoms with Gasteiger partial charge >= 0.3 is 0 Å². The van der Waals surface area contributed by atoms with Crippen molar-refractivity contribution in [2.24, 2.45) is 11.7 Å². The van der Waals surface area contributed by atoms with Crippen LogP contribution in [0.4, 0.5) is 0 Å². The van der Waals surface area contributed by atoms with Gasteiger partial charge in [-0.1, -0.05) is 32.0 Å². The van der Waals surface area contributed by atoms with Crippen LogP contribution in [0, 0.1) is 12.8 Å². The fourth-order valence-corrected chi connectivity index (χ4v) is 2.25. The maximum absolute atomic E-state index is 12.5. The fraction of sp³-hybridized carbons (Fsp3) is 0.444. The zero-order valence-electron chi connectivity index (χ0n) is 14.2. The number of amides is 1. The zero-order chi connectivity index (χ0) is 17.0. The average Bonchev–Trinajstić information content (AvgIpc) is 2.94. The lowest BCUT2D eigenvalue weighted by molar-refractivity contribution is 0.0757. The molecule has 0 saturated carbocycles. The molecule has 1 aromatic heterocycles. The van der Waals surface area contributed by atoms with Crippen molar-refractivity contribution < 1.29 is 9.21 Å². The molecule has 1 atom stereocenters. The van der Waals surface area contributed by atoms with Gasteiger partial charge in [0.1, 0.15) is 0 Å². The molecule has 124 valence electrons. The van der Waals surface area contributed by atoms with Gasteiger partial charge in [0, 0.05) is 25.2 Å². The molecule has 1 unspecified atom stereocenters. The second-order valence-corrected chi connectivity index (χ2v) is 6.22. The van der Waals surface area contributed by atoms with Crippen molar-refractivity contribution in [2.75, 3.05) is 13.6 Å². The van der Waals surface area contributed by atoms with E-state index in [1.165, 1.54) is 0 Å². The molecule has 2 rings (SSSR count). The van der Waals surface area contributed by atoms with E-state index in [1.807, 2.05) is 30.3 Å². The summed E-state index contributed by atoms with van der Waals surface area (Å²) in [6.45, 7) is 6.55. The monoisotopic (exact) mass is 315 g/mol. The first-order chi connectivity index (χ1) is 10.9. The molecule has 1 amide bonds. The third-order valence-electron chi connectivity index (χ3n) is 4.01. The number of carbonyl (C=O) groups is 1. The minimum Gasteiger partial charge on any atom is -0.431 e. The number of benzene rings is 1. The Labute approximate surface area is 137 Å². The molecule has 0 fully saturated rings. The highest BCUT2D eigenvalue weighted by Gasteiger charge is 2.22. The van der Waals surface area contributed by atoms with E-state index in [9.17, 15) is 4.79 Å². The largest absolute Gasteiger partial charge is 0.431 e. The molecule has 0 spiro atoms. The summed E-state index contributed by atoms with van der Waals surface area (Å²) in [6, 6.07) is 9.65. The number of hydrogen-bond donors (Lipinski definition) is 1. The van der Waals surface area contributed by atoms with Crippen molar-refractivity contribution in [3.8, 4) is 11.5 Å². The molecule has 2 N–H and O–H groups in total. The van der Waals surface area contributed by atoms with E-state index in [0.717, 1.165) is 12.0 Å². The summed E-state index contributed by atoms with van der Waals surface area (Å²) in [5.41, 5.74) is 7.51. The van der Waals surface area contributed by atoms with Gasteiger partial charge in [-0.05, 0) is 31.4 Å². The van der Waals surface area contributed by atoms with Crippen LogP contribution in [0.3, 0.4) is 0 Å². The smallest absolute Gasteiger partial charge is 0.291 e. The van der Waals surface area contributed by atoms with Crippen LogP contribution in [0.1, 0.15) is 36.5 Å². The van der Waals surface area contributed by atoms with Crippen LogP contribution in [0.25, 0.3) is 11.5 Å². The molecule has 0 bridgehead atoms. The third kappa shape index (κ3) is 4.20. The van der Waals surface area contributed by atoms with E-state index >= 15 is 0 Å². The highest BCUT2D eigenvalue weighted by atomic mass is 16.4. The molecule has 0 aliphatic carbocycles. The second kappa shape index (κ2) is 7.42. The SMILES string of the molecule is Cc1nc(-c2ccccc2)oc1C(=O)N(C)CCC(N)C(C)C. The number of aromatic nitrogens is 1. The quantitative estimate of drug-likeness (QED) is 0.889. The van der Waals surface area contributed by atoms with Gasteiger partial charge in [-0.2, -0.15) is 0 Å². The van der Waals surface area contributed by atoms with Crippen LogP contribution >= 0.6 is 0 Å². The van der Waals surface area contributed by atoms with Crippen LogP contribution < -0.4 is 5.73 Å². The highest BCUT2D eigenvalue weighted by molar-refractivity contribution is 5.92. The standard InChI is InChI=1S/C18H25N3O2/c1-12(2)15(19)10-11-21(4)18(22)16-13(3)20-17(23-16)14-8-6-5-7-9-14/h5-9,12,15H,10-11,19H2,1-4H3. The summed E-state index contributed by atoms with van der Waals surface area (Å²) in [5.74, 6) is 1.01. The summed E-state index contributed by atoms with van der Waals surface area (Å²) < 4.78 is 5.70. The van der Waals surface area contributed by atoms with E-state index in [0.29, 0.717) is 29.8 Å². The number of aryl methyl sites for hydroxylation is 1. The number of oxazole rings is 1. The minimum atomic E-state index is -0.159. The third-order valence-corrected chi connectivity index (χ3v) is 4.01. The molecule has 1 aromatic carbocycles. The van der Waals surface area contributed by atoms with E-state index in [2.05, 4.69) is 18.8 Å². The normalized spacial score (nSPS) is 12.4. The van der Waals surface area contributed by atoms with Gasteiger partial charge in [0.25, 0.3) is 5.91 Å². The van der Waals surface area contributed by atoms with Crippen LogP contribution in [0.15, 0.2) is 34.7 Å². The number of nitrogens with two attached hydrogens (primary N) is 1. The molecule has 0 aliphatic heterocycles. The Balaban J connectivity index is 2.09. The Morgan fingerprint density at radius 3 is 2.57 bits per heavy atom. The van der Waals surface area contributed by atoms with Crippen molar-refractivity contribution in [1.29, 1.82) is 0 Å². The molecule has 23 heavy (non-hydrogen) atoms. The predicted octanol–water partition coefficient (Wildman–Crippen LogP) is 3.10. The predicted molar refractivity (Wildman–Crippen MR) is 91.1 cm³/mol. The Morgan fingerprint density at radius 2 is 1.96 bits per heavy atom. The van der Waals surface area contributed by atoms with Crippen LogP contribution in [-0.4, -0.2) is 35.4 Å². The average molecular weight is 315 g/mol. The van der Waals surface area contributed by atoms with Gasteiger partial charge < -0.3 is 15.1 Å². The van der Waals surface area contributed by atoms with Crippen molar-refractivity contribution in [1.82, 2.24) is 9.88 Å². The molecular formula is C18H25N3O2. The molecule has 0 saturated heterocycles. The van der Waals surface area contributed by atoms with Gasteiger partial charge in [0.15, 0.2) is 0 Å². The van der Waals surface area contributed by atoms with Gasteiger partial charge in [0.2, 0.25) is 11.7 Å². The van der Waals surface area contributed by atoms with Crippen molar-refractivity contribution in [3.05, 3.63) is 41.8 Å². The minimum absolute atomic E-state index is 0.0842. The lowest BCUT2D eigenvalue weighted by Crippen LogP contribution is -2.34. The lowest BCUT2D eigenvalue weighted by Gasteiger charge is -2.20.